The Morgan fingerprint density at radius 1 is 0.912 bits per heavy atom. The van der Waals surface area contributed by atoms with Crippen LogP contribution in [0.1, 0.15) is 68.9 Å². The van der Waals surface area contributed by atoms with E-state index in [9.17, 15) is 14.4 Å². The van der Waals surface area contributed by atoms with Crippen molar-refractivity contribution >= 4 is 18.0 Å². The molecule has 3 rings (SSSR count). The van der Waals surface area contributed by atoms with Gasteiger partial charge in [0.05, 0.1) is 0 Å². The summed E-state index contributed by atoms with van der Waals surface area (Å²) in [5, 5.41) is 14.3. The highest BCUT2D eigenvalue weighted by atomic mass is 16.5. The predicted molar refractivity (Wildman–Crippen MR) is 131 cm³/mol. The summed E-state index contributed by atoms with van der Waals surface area (Å²) in [5.74, 6) is -1.16. The number of nitrogens with one attached hydrogen (secondary N) is 2. The SMILES string of the molecule is CC[C@H](NC(=O)CCCCCCCNC(=O)OCC1c2ccccc2-c2ccccc21)C(=O)O. The zero-order chi connectivity index (χ0) is 24.3. The maximum atomic E-state index is 12.2. The van der Waals surface area contributed by atoms with E-state index in [0.717, 1.165) is 32.1 Å². The molecule has 0 aromatic heterocycles. The topological polar surface area (TPSA) is 105 Å². The van der Waals surface area contributed by atoms with E-state index in [1.807, 2.05) is 24.3 Å². The lowest BCUT2D eigenvalue weighted by molar-refractivity contribution is -0.141. The van der Waals surface area contributed by atoms with Crippen molar-refractivity contribution in [3.05, 3.63) is 59.7 Å². The number of unbranched alkanes of at least 4 members (excludes halogenated alkanes) is 4. The van der Waals surface area contributed by atoms with Gasteiger partial charge in [-0.1, -0.05) is 74.7 Å². The number of aliphatic carboxylic acids is 1. The van der Waals surface area contributed by atoms with Gasteiger partial charge in [-0.25, -0.2) is 9.59 Å². The van der Waals surface area contributed by atoms with Crippen molar-refractivity contribution in [3.8, 4) is 11.1 Å². The zero-order valence-corrected chi connectivity index (χ0v) is 19.7. The molecule has 0 aliphatic heterocycles. The van der Waals surface area contributed by atoms with Crippen molar-refractivity contribution in [2.75, 3.05) is 13.2 Å². The molecule has 2 amide bonds. The Kier molecular flexibility index (Phi) is 9.50. The fraction of sp³-hybridized carbons (Fsp3) is 0.444. The second kappa shape index (κ2) is 12.8. The van der Waals surface area contributed by atoms with Crippen LogP contribution in [-0.2, 0) is 14.3 Å². The third-order valence-electron chi connectivity index (χ3n) is 6.24. The second-order valence-electron chi connectivity index (χ2n) is 8.64. The molecule has 3 N–H and O–H groups in total. The van der Waals surface area contributed by atoms with Crippen LogP contribution in [0.15, 0.2) is 48.5 Å². The second-order valence-corrected chi connectivity index (χ2v) is 8.64. The fourth-order valence-electron chi connectivity index (χ4n) is 4.39. The summed E-state index contributed by atoms with van der Waals surface area (Å²) in [6, 6.07) is 15.7. The summed E-state index contributed by atoms with van der Waals surface area (Å²) in [7, 11) is 0. The van der Waals surface area contributed by atoms with Gasteiger partial charge < -0.3 is 20.5 Å². The quantitative estimate of drug-likeness (QED) is 0.366. The molecule has 0 bridgehead atoms. The molecule has 0 heterocycles. The number of amides is 2. The van der Waals surface area contributed by atoms with E-state index in [2.05, 4.69) is 34.9 Å². The van der Waals surface area contributed by atoms with Crippen molar-refractivity contribution in [1.29, 1.82) is 0 Å². The van der Waals surface area contributed by atoms with E-state index in [4.69, 9.17) is 9.84 Å². The molecule has 0 saturated heterocycles. The summed E-state index contributed by atoms with van der Waals surface area (Å²) in [4.78, 5) is 34.9. The van der Waals surface area contributed by atoms with Gasteiger partial charge in [-0.05, 0) is 41.5 Å². The predicted octanol–water partition coefficient (Wildman–Crippen LogP) is 4.85. The number of alkyl carbamates (subject to hydrolysis) is 1. The van der Waals surface area contributed by atoms with Crippen LogP contribution in [0.25, 0.3) is 11.1 Å². The Bertz CT molecular complexity index is 945. The van der Waals surface area contributed by atoms with Gasteiger partial charge in [0.15, 0.2) is 0 Å². The molecule has 0 saturated carbocycles. The van der Waals surface area contributed by atoms with Crippen LogP contribution >= 0.6 is 0 Å². The molecule has 7 nitrogen and oxygen atoms in total. The molecule has 2 aromatic carbocycles. The normalized spacial score (nSPS) is 13.0. The third-order valence-corrected chi connectivity index (χ3v) is 6.24. The molecule has 0 fully saturated rings. The Labute approximate surface area is 200 Å². The minimum atomic E-state index is -1.00. The first-order valence-electron chi connectivity index (χ1n) is 12.1. The van der Waals surface area contributed by atoms with E-state index in [0.29, 0.717) is 26.0 Å². The van der Waals surface area contributed by atoms with Crippen LogP contribution in [0.5, 0.6) is 0 Å². The molecule has 0 unspecified atom stereocenters. The number of carboxylic acids is 1. The number of benzene rings is 2. The monoisotopic (exact) mass is 466 g/mol. The molecule has 7 heteroatoms. The van der Waals surface area contributed by atoms with Crippen LogP contribution in [0.3, 0.4) is 0 Å². The number of carbonyl (C=O) groups is 3. The minimum absolute atomic E-state index is 0.0541. The van der Waals surface area contributed by atoms with Gasteiger partial charge in [0, 0.05) is 18.9 Å². The van der Waals surface area contributed by atoms with Gasteiger partial charge in [0.2, 0.25) is 5.91 Å². The first-order chi connectivity index (χ1) is 16.5. The first kappa shape index (κ1) is 25.3. The summed E-state index contributed by atoms with van der Waals surface area (Å²) < 4.78 is 5.53. The van der Waals surface area contributed by atoms with Crippen LogP contribution in [0.4, 0.5) is 4.79 Å². The Hall–Kier alpha value is -3.35. The van der Waals surface area contributed by atoms with Crippen LogP contribution in [0.2, 0.25) is 0 Å². The first-order valence-corrected chi connectivity index (χ1v) is 12.1. The highest BCUT2D eigenvalue weighted by Crippen LogP contribution is 2.44. The van der Waals surface area contributed by atoms with Crippen molar-refractivity contribution in [2.45, 2.75) is 63.8 Å². The highest BCUT2D eigenvalue weighted by molar-refractivity contribution is 5.83. The van der Waals surface area contributed by atoms with E-state index in [-0.39, 0.29) is 11.8 Å². The van der Waals surface area contributed by atoms with Gasteiger partial charge >= 0.3 is 12.1 Å². The van der Waals surface area contributed by atoms with Crippen molar-refractivity contribution in [2.24, 2.45) is 0 Å². The van der Waals surface area contributed by atoms with Crippen LogP contribution in [0, 0.1) is 0 Å². The van der Waals surface area contributed by atoms with E-state index in [1.165, 1.54) is 22.3 Å². The highest BCUT2D eigenvalue weighted by Gasteiger charge is 2.28. The molecule has 0 radical (unpaired) electrons. The summed E-state index contributed by atoms with van der Waals surface area (Å²) in [6.07, 6.45) is 4.66. The maximum absolute atomic E-state index is 12.2. The molecular weight excluding hydrogens is 432 g/mol. The Morgan fingerprint density at radius 3 is 2.12 bits per heavy atom. The lowest BCUT2D eigenvalue weighted by Gasteiger charge is -2.14. The average molecular weight is 467 g/mol. The van der Waals surface area contributed by atoms with Crippen LogP contribution in [-0.4, -0.2) is 42.3 Å². The van der Waals surface area contributed by atoms with Crippen molar-refractivity contribution in [3.63, 3.8) is 0 Å². The summed E-state index contributed by atoms with van der Waals surface area (Å²) >= 11 is 0. The summed E-state index contributed by atoms with van der Waals surface area (Å²) in [6.45, 7) is 2.59. The number of hydrogen-bond acceptors (Lipinski definition) is 4. The smallest absolute Gasteiger partial charge is 0.407 e. The maximum Gasteiger partial charge on any atom is 0.407 e. The summed E-state index contributed by atoms with van der Waals surface area (Å²) in [5.41, 5.74) is 4.80. The third kappa shape index (κ3) is 6.83. The molecule has 182 valence electrons. The number of carbonyl (C=O) groups excluding carboxylic acids is 2. The van der Waals surface area contributed by atoms with Crippen LogP contribution < -0.4 is 10.6 Å². The lowest BCUT2D eigenvalue weighted by atomic mass is 9.98. The number of fused-ring (bicyclic) bond motifs is 3. The number of ether oxygens (including phenoxy) is 1. The van der Waals surface area contributed by atoms with Crippen molar-refractivity contribution in [1.82, 2.24) is 10.6 Å². The Balaban J connectivity index is 1.27. The lowest BCUT2D eigenvalue weighted by Crippen LogP contribution is -2.40. The standard InChI is InChI=1S/C27H34N2O5/c1-2-24(26(31)32)29-25(30)16-6-4-3-5-11-17-28-27(33)34-18-23-21-14-9-7-12-19(21)20-13-8-10-15-22(20)23/h7-10,12-15,23-24H,2-6,11,16-18H2,1H3,(H,28,33)(H,29,30)(H,31,32)/t24-/m0/s1. The van der Waals surface area contributed by atoms with Crippen molar-refractivity contribution < 1.29 is 24.2 Å². The van der Waals surface area contributed by atoms with Gasteiger partial charge in [0.25, 0.3) is 0 Å². The van der Waals surface area contributed by atoms with Gasteiger partial charge in [-0.15, -0.1) is 0 Å². The number of rotatable bonds is 13. The molecular formula is C27H34N2O5. The van der Waals surface area contributed by atoms with E-state index in [1.54, 1.807) is 6.92 Å². The number of carboxylic acid groups (broad SMARTS) is 1. The van der Waals surface area contributed by atoms with Gasteiger partial charge in [0.1, 0.15) is 12.6 Å². The van der Waals surface area contributed by atoms with E-state index >= 15 is 0 Å². The van der Waals surface area contributed by atoms with Gasteiger partial charge in [-0.2, -0.15) is 0 Å². The zero-order valence-electron chi connectivity index (χ0n) is 19.7. The fourth-order valence-corrected chi connectivity index (χ4v) is 4.39. The molecule has 1 aliphatic carbocycles. The minimum Gasteiger partial charge on any atom is -0.480 e. The molecule has 2 aromatic rings. The number of hydrogen-bond donors (Lipinski definition) is 3. The molecule has 1 aliphatic rings. The Morgan fingerprint density at radius 2 is 1.50 bits per heavy atom. The average Bonchev–Trinajstić information content (AvgIpc) is 3.16. The molecule has 1 atom stereocenters. The van der Waals surface area contributed by atoms with Gasteiger partial charge in [-0.3, -0.25) is 4.79 Å². The molecule has 34 heavy (non-hydrogen) atoms. The largest absolute Gasteiger partial charge is 0.480 e. The molecule has 0 spiro atoms. The van der Waals surface area contributed by atoms with E-state index < -0.39 is 18.1 Å².